The number of aliphatic hydroxyl groups is 1. The Morgan fingerprint density at radius 1 is 1.06 bits per heavy atom. The van der Waals surface area contributed by atoms with Gasteiger partial charge in [-0.25, -0.2) is 0 Å². The van der Waals surface area contributed by atoms with Gasteiger partial charge in [0.15, 0.2) is 0 Å². The molecule has 88 valence electrons. The van der Waals surface area contributed by atoms with Gasteiger partial charge in [-0.05, 0) is 17.2 Å². The lowest BCUT2D eigenvalue weighted by molar-refractivity contribution is 0.147. The molecule has 0 aliphatic rings. The zero-order valence-corrected chi connectivity index (χ0v) is 9.53. The quantitative estimate of drug-likeness (QED) is 0.839. The van der Waals surface area contributed by atoms with Gasteiger partial charge < -0.3 is 10.8 Å². The van der Waals surface area contributed by atoms with Gasteiger partial charge in [0, 0.05) is 24.9 Å². The molecule has 17 heavy (non-hydrogen) atoms. The van der Waals surface area contributed by atoms with Gasteiger partial charge in [0.1, 0.15) is 0 Å². The summed E-state index contributed by atoms with van der Waals surface area (Å²) in [5, 5.41) is 10.3. The fourth-order valence-corrected chi connectivity index (χ4v) is 1.93. The van der Waals surface area contributed by atoms with E-state index >= 15 is 0 Å². The second-order valence-corrected chi connectivity index (χ2v) is 3.98. The van der Waals surface area contributed by atoms with Crippen molar-refractivity contribution in [3.8, 4) is 0 Å². The molecule has 2 rings (SSSR count). The van der Waals surface area contributed by atoms with Gasteiger partial charge in [-0.2, -0.15) is 0 Å². The highest BCUT2D eigenvalue weighted by Crippen LogP contribution is 2.29. The van der Waals surface area contributed by atoms with Gasteiger partial charge in [-0.3, -0.25) is 4.98 Å². The highest BCUT2D eigenvalue weighted by molar-refractivity contribution is 5.25. The first-order valence-corrected chi connectivity index (χ1v) is 5.66. The van der Waals surface area contributed by atoms with Crippen LogP contribution in [0.5, 0.6) is 0 Å². The third-order valence-electron chi connectivity index (χ3n) is 2.89. The number of rotatable bonds is 4. The van der Waals surface area contributed by atoms with Crippen molar-refractivity contribution in [3.05, 3.63) is 66.0 Å². The van der Waals surface area contributed by atoms with Crippen molar-refractivity contribution in [2.24, 2.45) is 5.73 Å². The molecule has 0 bridgehead atoms. The SMILES string of the molecule is NCC(c1ccccc1)C(O)c1cccnc1. The molecule has 0 saturated carbocycles. The second kappa shape index (κ2) is 5.57. The number of nitrogens with zero attached hydrogens (tertiary/aromatic N) is 1. The van der Waals surface area contributed by atoms with Gasteiger partial charge in [-0.1, -0.05) is 36.4 Å². The summed E-state index contributed by atoms with van der Waals surface area (Å²) < 4.78 is 0. The van der Waals surface area contributed by atoms with E-state index in [4.69, 9.17) is 5.73 Å². The standard InChI is InChI=1S/C14H16N2O/c15-9-13(11-5-2-1-3-6-11)14(17)12-7-4-8-16-10-12/h1-8,10,13-14,17H,9,15H2. The molecule has 1 aromatic heterocycles. The third-order valence-corrected chi connectivity index (χ3v) is 2.89. The molecule has 0 aliphatic carbocycles. The fraction of sp³-hybridized carbons (Fsp3) is 0.214. The van der Waals surface area contributed by atoms with Gasteiger partial charge >= 0.3 is 0 Å². The first-order chi connectivity index (χ1) is 8.33. The van der Waals surface area contributed by atoms with Crippen molar-refractivity contribution in [1.29, 1.82) is 0 Å². The first-order valence-electron chi connectivity index (χ1n) is 5.66. The summed E-state index contributed by atoms with van der Waals surface area (Å²) in [6, 6.07) is 13.5. The summed E-state index contributed by atoms with van der Waals surface area (Å²) in [5.74, 6) is -0.0969. The van der Waals surface area contributed by atoms with E-state index in [-0.39, 0.29) is 5.92 Å². The monoisotopic (exact) mass is 228 g/mol. The Balaban J connectivity index is 2.25. The molecule has 2 aromatic rings. The maximum atomic E-state index is 10.3. The number of aliphatic hydroxyl groups excluding tert-OH is 1. The molecule has 2 atom stereocenters. The van der Waals surface area contributed by atoms with E-state index in [0.29, 0.717) is 6.54 Å². The molecule has 3 N–H and O–H groups in total. The van der Waals surface area contributed by atoms with Gasteiger partial charge in [0.05, 0.1) is 6.10 Å². The van der Waals surface area contributed by atoms with Crippen LogP contribution in [0.3, 0.4) is 0 Å². The van der Waals surface area contributed by atoms with E-state index in [1.807, 2.05) is 42.5 Å². The van der Waals surface area contributed by atoms with E-state index in [2.05, 4.69) is 4.98 Å². The molecule has 3 nitrogen and oxygen atoms in total. The highest BCUT2D eigenvalue weighted by Gasteiger charge is 2.21. The summed E-state index contributed by atoms with van der Waals surface area (Å²) in [5.41, 5.74) is 7.61. The van der Waals surface area contributed by atoms with Crippen molar-refractivity contribution < 1.29 is 5.11 Å². The minimum atomic E-state index is -0.615. The van der Waals surface area contributed by atoms with Crippen LogP contribution in [0, 0.1) is 0 Å². The average molecular weight is 228 g/mol. The van der Waals surface area contributed by atoms with Crippen LogP contribution < -0.4 is 5.73 Å². The van der Waals surface area contributed by atoms with Crippen molar-refractivity contribution >= 4 is 0 Å². The number of benzene rings is 1. The number of pyridine rings is 1. The van der Waals surface area contributed by atoms with Crippen molar-refractivity contribution in [2.75, 3.05) is 6.54 Å². The lowest BCUT2D eigenvalue weighted by atomic mass is 9.90. The molecular formula is C14H16N2O. The summed E-state index contributed by atoms with van der Waals surface area (Å²) >= 11 is 0. The Labute approximate surface area is 101 Å². The number of nitrogens with two attached hydrogens (primary N) is 1. The molecule has 2 unspecified atom stereocenters. The molecule has 3 heteroatoms. The molecule has 1 aromatic carbocycles. The number of hydrogen-bond donors (Lipinski definition) is 2. The average Bonchev–Trinajstić information content (AvgIpc) is 2.42. The predicted molar refractivity (Wildman–Crippen MR) is 67.4 cm³/mol. The Kier molecular flexibility index (Phi) is 3.85. The van der Waals surface area contributed by atoms with Crippen LogP contribution >= 0.6 is 0 Å². The van der Waals surface area contributed by atoms with Crippen LogP contribution in [0.1, 0.15) is 23.1 Å². The maximum absolute atomic E-state index is 10.3. The van der Waals surface area contributed by atoms with Crippen LogP contribution in [0.2, 0.25) is 0 Å². The predicted octanol–water partition coefficient (Wildman–Crippen LogP) is 1.86. The van der Waals surface area contributed by atoms with E-state index in [0.717, 1.165) is 11.1 Å². The molecular weight excluding hydrogens is 212 g/mol. The van der Waals surface area contributed by atoms with Crippen LogP contribution in [-0.2, 0) is 0 Å². The molecule has 1 heterocycles. The summed E-state index contributed by atoms with van der Waals surface area (Å²) in [4.78, 5) is 4.02. The van der Waals surface area contributed by atoms with E-state index in [1.165, 1.54) is 0 Å². The minimum absolute atomic E-state index is 0.0969. The molecule has 0 fully saturated rings. The molecule has 0 spiro atoms. The van der Waals surface area contributed by atoms with Gasteiger partial charge in [0.25, 0.3) is 0 Å². The van der Waals surface area contributed by atoms with Crippen molar-refractivity contribution in [3.63, 3.8) is 0 Å². The Hall–Kier alpha value is -1.71. The van der Waals surface area contributed by atoms with Gasteiger partial charge in [0.2, 0.25) is 0 Å². The van der Waals surface area contributed by atoms with Crippen molar-refractivity contribution in [2.45, 2.75) is 12.0 Å². The molecule has 0 saturated heterocycles. The smallest absolute Gasteiger partial charge is 0.0885 e. The van der Waals surface area contributed by atoms with Gasteiger partial charge in [-0.15, -0.1) is 0 Å². The first kappa shape index (κ1) is 11.8. The summed E-state index contributed by atoms with van der Waals surface area (Å²) in [7, 11) is 0. The maximum Gasteiger partial charge on any atom is 0.0885 e. The topological polar surface area (TPSA) is 59.1 Å². The lowest BCUT2D eigenvalue weighted by Gasteiger charge is -2.21. The zero-order valence-electron chi connectivity index (χ0n) is 9.53. The van der Waals surface area contributed by atoms with Crippen LogP contribution in [-0.4, -0.2) is 16.6 Å². The molecule has 0 amide bonds. The Morgan fingerprint density at radius 2 is 1.76 bits per heavy atom. The zero-order chi connectivity index (χ0) is 12.1. The van der Waals surface area contributed by atoms with Crippen LogP contribution in [0.25, 0.3) is 0 Å². The Bertz CT molecular complexity index is 444. The van der Waals surface area contributed by atoms with E-state index in [9.17, 15) is 5.11 Å². The largest absolute Gasteiger partial charge is 0.388 e. The van der Waals surface area contributed by atoms with E-state index < -0.39 is 6.10 Å². The number of hydrogen-bond acceptors (Lipinski definition) is 3. The fourth-order valence-electron chi connectivity index (χ4n) is 1.93. The Morgan fingerprint density at radius 3 is 2.35 bits per heavy atom. The van der Waals surface area contributed by atoms with Crippen molar-refractivity contribution in [1.82, 2.24) is 4.98 Å². The second-order valence-electron chi connectivity index (χ2n) is 3.98. The summed E-state index contributed by atoms with van der Waals surface area (Å²) in [6.07, 6.45) is 2.75. The summed E-state index contributed by atoms with van der Waals surface area (Å²) in [6.45, 7) is 0.403. The number of aromatic nitrogens is 1. The lowest BCUT2D eigenvalue weighted by Crippen LogP contribution is -2.20. The normalized spacial score (nSPS) is 14.2. The van der Waals surface area contributed by atoms with E-state index in [1.54, 1.807) is 12.4 Å². The van der Waals surface area contributed by atoms with Crippen LogP contribution in [0.4, 0.5) is 0 Å². The minimum Gasteiger partial charge on any atom is -0.388 e. The molecule has 0 radical (unpaired) electrons. The van der Waals surface area contributed by atoms with Crippen LogP contribution in [0.15, 0.2) is 54.9 Å². The molecule has 0 aliphatic heterocycles. The highest BCUT2D eigenvalue weighted by atomic mass is 16.3. The third kappa shape index (κ3) is 2.70.